The van der Waals surface area contributed by atoms with Gasteiger partial charge in [0.15, 0.2) is 5.75 Å². The van der Waals surface area contributed by atoms with Gasteiger partial charge in [0.05, 0.1) is 22.3 Å². The zero-order valence-corrected chi connectivity index (χ0v) is 11.9. The highest BCUT2D eigenvalue weighted by molar-refractivity contribution is 9.10. The molecule has 7 nitrogen and oxygen atoms in total. The lowest BCUT2D eigenvalue weighted by atomic mass is 10.1. The maximum atomic E-state index is 10.8. The van der Waals surface area contributed by atoms with Crippen LogP contribution < -0.4 is 10.5 Å². The van der Waals surface area contributed by atoms with Gasteiger partial charge in [-0.15, -0.1) is 0 Å². The first-order valence-corrected chi connectivity index (χ1v) is 6.28. The molecule has 1 unspecified atom stereocenters. The molecule has 0 saturated heterocycles. The molecular formula is C11H12BrN5O2. The summed E-state index contributed by atoms with van der Waals surface area (Å²) >= 11 is 3.34. The topological polar surface area (TPSA) is 107 Å². The molecule has 1 atom stereocenters. The van der Waals surface area contributed by atoms with Gasteiger partial charge in [-0.2, -0.15) is 5.10 Å². The predicted molar refractivity (Wildman–Crippen MR) is 70.8 cm³/mol. The van der Waals surface area contributed by atoms with Crippen molar-refractivity contribution >= 4 is 22.0 Å². The maximum Gasteiger partial charge on any atom is 0.410 e. The van der Waals surface area contributed by atoms with Crippen LogP contribution in [-0.4, -0.2) is 26.3 Å². The van der Waals surface area contributed by atoms with E-state index < -0.39 is 6.09 Å². The number of carbonyl (C=O) groups excluding carboxylic acids is 1. The Morgan fingerprint density at radius 3 is 2.95 bits per heavy atom. The molecule has 19 heavy (non-hydrogen) atoms. The summed E-state index contributed by atoms with van der Waals surface area (Å²) < 4.78 is 5.69. The van der Waals surface area contributed by atoms with Gasteiger partial charge in [0.1, 0.15) is 11.5 Å². The molecule has 0 radical (unpaired) electrons. The van der Waals surface area contributed by atoms with E-state index in [1.165, 1.54) is 6.20 Å². The summed E-state index contributed by atoms with van der Waals surface area (Å²) in [5.74, 6) is 0.638. The summed E-state index contributed by atoms with van der Waals surface area (Å²) in [5.41, 5.74) is 6.35. The van der Waals surface area contributed by atoms with E-state index >= 15 is 0 Å². The second kappa shape index (κ2) is 5.35. The van der Waals surface area contributed by atoms with Crippen LogP contribution in [0.1, 0.15) is 30.1 Å². The standard InChI is InChI=1S/C11H12BrN5O2/c1-5(10-14-3-7(12)6(2)16-10)9-8(4-15-17-9)19-11(13)18/h3-5H,1-2H3,(H2,13,18)(H,15,17). The Labute approximate surface area is 117 Å². The van der Waals surface area contributed by atoms with Crippen LogP contribution in [0, 0.1) is 6.92 Å². The van der Waals surface area contributed by atoms with E-state index in [0.717, 1.165) is 10.2 Å². The van der Waals surface area contributed by atoms with Gasteiger partial charge in [0.2, 0.25) is 0 Å². The fraction of sp³-hybridized carbons (Fsp3) is 0.273. The van der Waals surface area contributed by atoms with Crippen LogP contribution in [0.3, 0.4) is 0 Å². The monoisotopic (exact) mass is 325 g/mol. The number of rotatable bonds is 3. The number of ether oxygens (including phenoxy) is 1. The van der Waals surface area contributed by atoms with Gasteiger partial charge in [-0.1, -0.05) is 0 Å². The number of amides is 1. The van der Waals surface area contributed by atoms with Crippen molar-refractivity contribution < 1.29 is 9.53 Å². The number of nitrogens with two attached hydrogens (primary N) is 1. The van der Waals surface area contributed by atoms with E-state index in [9.17, 15) is 4.79 Å². The number of hydrogen-bond donors (Lipinski definition) is 2. The van der Waals surface area contributed by atoms with Crippen LogP contribution in [-0.2, 0) is 0 Å². The van der Waals surface area contributed by atoms with Gasteiger partial charge in [-0.25, -0.2) is 14.8 Å². The molecule has 1 amide bonds. The third-order valence-corrected chi connectivity index (χ3v) is 3.36. The van der Waals surface area contributed by atoms with Crippen LogP contribution >= 0.6 is 15.9 Å². The summed E-state index contributed by atoms with van der Waals surface area (Å²) in [6.45, 7) is 3.74. The Hall–Kier alpha value is -1.96. The first kappa shape index (κ1) is 13.5. The zero-order chi connectivity index (χ0) is 14.0. The van der Waals surface area contributed by atoms with Crippen molar-refractivity contribution in [2.24, 2.45) is 5.73 Å². The van der Waals surface area contributed by atoms with Gasteiger partial charge in [0.25, 0.3) is 0 Å². The van der Waals surface area contributed by atoms with Crippen molar-refractivity contribution in [3.8, 4) is 5.75 Å². The van der Waals surface area contributed by atoms with Crippen LogP contribution in [0.2, 0.25) is 0 Å². The normalized spacial score (nSPS) is 12.2. The second-order valence-corrected chi connectivity index (χ2v) is 4.79. The van der Waals surface area contributed by atoms with Gasteiger partial charge >= 0.3 is 6.09 Å². The number of nitrogens with zero attached hydrogens (tertiary/aromatic N) is 3. The Bertz CT molecular complexity index is 613. The maximum absolute atomic E-state index is 10.8. The highest BCUT2D eigenvalue weighted by Gasteiger charge is 2.21. The predicted octanol–water partition coefficient (Wildman–Crippen LogP) is 1.88. The van der Waals surface area contributed by atoms with Crippen molar-refractivity contribution in [2.45, 2.75) is 19.8 Å². The minimum Gasteiger partial charge on any atom is -0.407 e. The minimum absolute atomic E-state index is 0.229. The number of nitrogens with one attached hydrogen (secondary N) is 1. The smallest absolute Gasteiger partial charge is 0.407 e. The summed E-state index contributed by atoms with van der Waals surface area (Å²) in [7, 11) is 0. The molecule has 3 N–H and O–H groups in total. The van der Waals surface area contributed by atoms with Crippen LogP contribution in [0.5, 0.6) is 5.75 Å². The van der Waals surface area contributed by atoms with E-state index in [1.54, 1.807) is 6.20 Å². The van der Waals surface area contributed by atoms with E-state index in [-0.39, 0.29) is 11.7 Å². The largest absolute Gasteiger partial charge is 0.410 e. The first-order chi connectivity index (χ1) is 8.99. The molecule has 2 aromatic rings. The molecular weight excluding hydrogens is 314 g/mol. The number of primary amides is 1. The average molecular weight is 326 g/mol. The summed E-state index contributed by atoms with van der Waals surface area (Å²) in [6, 6.07) is 0. The molecule has 2 aromatic heterocycles. The molecule has 0 aromatic carbocycles. The fourth-order valence-corrected chi connectivity index (χ4v) is 1.78. The Morgan fingerprint density at radius 2 is 2.32 bits per heavy atom. The van der Waals surface area contributed by atoms with Crippen LogP contribution in [0.15, 0.2) is 16.9 Å². The minimum atomic E-state index is -0.886. The number of hydrogen-bond acceptors (Lipinski definition) is 5. The summed E-state index contributed by atoms with van der Waals surface area (Å²) in [6.07, 6.45) is 2.25. The molecule has 0 aliphatic heterocycles. The quantitative estimate of drug-likeness (QED) is 0.895. The van der Waals surface area contributed by atoms with Crippen LogP contribution in [0.25, 0.3) is 0 Å². The Balaban J connectivity index is 2.33. The van der Waals surface area contributed by atoms with E-state index in [4.69, 9.17) is 10.5 Å². The molecule has 0 aliphatic rings. The van der Waals surface area contributed by atoms with Crippen LogP contribution in [0.4, 0.5) is 4.79 Å². The van der Waals surface area contributed by atoms with Gasteiger partial charge in [0, 0.05) is 6.20 Å². The number of aryl methyl sites for hydroxylation is 1. The number of H-pyrrole nitrogens is 1. The molecule has 100 valence electrons. The molecule has 8 heteroatoms. The number of carbonyl (C=O) groups is 1. The Morgan fingerprint density at radius 1 is 1.58 bits per heavy atom. The fourth-order valence-electron chi connectivity index (χ4n) is 1.59. The van der Waals surface area contributed by atoms with Crippen molar-refractivity contribution in [2.75, 3.05) is 0 Å². The molecule has 0 spiro atoms. The van der Waals surface area contributed by atoms with Gasteiger partial charge in [-0.3, -0.25) is 5.10 Å². The van der Waals surface area contributed by atoms with Gasteiger partial charge < -0.3 is 10.5 Å². The van der Waals surface area contributed by atoms with E-state index in [2.05, 4.69) is 36.1 Å². The summed E-state index contributed by atoms with van der Waals surface area (Å²) in [5, 5.41) is 6.68. The van der Waals surface area contributed by atoms with E-state index in [0.29, 0.717) is 11.5 Å². The Kier molecular flexibility index (Phi) is 3.79. The second-order valence-electron chi connectivity index (χ2n) is 3.94. The molecule has 2 rings (SSSR count). The van der Waals surface area contributed by atoms with Gasteiger partial charge in [-0.05, 0) is 29.8 Å². The highest BCUT2D eigenvalue weighted by atomic mass is 79.9. The molecule has 0 bridgehead atoms. The zero-order valence-electron chi connectivity index (χ0n) is 10.3. The molecule has 0 fully saturated rings. The van der Waals surface area contributed by atoms with Crippen molar-refractivity contribution in [3.05, 3.63) is 34.1 Å². The lowest BCUT2D eigenvalue weighted by Gasteiger charge is -2.10. The molecule has 2 heterocycles. The lowest BCUT2D eigenvalue weighted by Crippen LogP contribution is -2.17. The molecule has 0 aliphatic carbocycles. The number of aromatic amines is 1. The van der Waals surface area contributed by atoms with Crippen molar-refractivity contribution in [1.82, 2.24) is 20.2 Å². The third-order valence-electron chi connectivity index (χ3n) is 2.58. The highest BCUT2D eigenvalue weighted by Crippen LogP contribution is 2.28. The number of halogens is 1. The first-order valence-electron chi connectivity index (χ1n) is 5.49. The van der Waals surface area contributed by atoms with Crippen molar-refractivity contribution in [1.29, 1.82) is 0 Å². The SMILES string of the molecule is Cc1nc(C(C)c2n[nH]cc2OC(N)=O)ncc1Br. The van der Waals surface area contributed by atoms with Crippen molar-refractivity contribution in [3.63, 3.8) is 0 Å². The third kappa shape index (κ3) is 2.90. The average Bonchev–Trinajstić information content (AvgIpc) is 2.79. The molecule has 0 saturated carbocycles. The van der Waals surface area contributed by atoms with E-state index in [1.807, 2.05) is 13.8 Å². The lowest BCUT2D eigenvalue weighted by molar-refractivity contribution is 0.210. The number of aromatic nitrogens is 4. The summed E-state index contributed by atoms with van der Waals surface area (Å²) in [4.78, 5) is 19.4.